The van der Waals surface area contributed by atoms with Gasteiger partial charge in [-0.2, -0.15) is 0 Å². The summed E-state index contributed by atoms with van der Waals surface area (Å²) < 4.78 is 0. The number of phenols is 1. The second-order valence-electron chi connectivity index (χ2n) is 4.79. The van der Waals surface area contributed by atoms with E-state index in [-0.39, 0.29) is 12.4 Å². The van der Waals surface area contributed by atoms with Crippen LogP contribution in [0.4, 0.5) is 5.69 Å². The van der Waals surface area contributed by atoms with Gasteiger partial charge in [-0.25, -0.2) is 0 Å². The maximum atomic E-state index is 9.91. The van der Waals surface area contributed by atoms with Crippen molar-refractivity contribution in [3.63, 3.8) is 0 Å². The maximum absolute atomic E-state index is 9.91. The number of halogens is 1. The van der Waals surface area contributed by atoms with Gasteiger partial charge < -0.3 is 10.0 Å². The van der Waals surface area contributed by atoms with Gasteiger partial charge in [0.1, 0.15) is 5.75 Å². The highest BCUT2D eigenvalue weighted by Crippen LogP contribution is 2.34. The number of nitrogens with zero attached hydrogens (tertiary/aromatic N) is 1. The van der Waals surface area contributed by atoms with Gasteiger partial charge in [0.15, 0.2) is 0 Å². The number of rotatable bonds is 2. The molecule has 0 atom stereocenters. The fourth-order valence-electron chi connectivity index (χ4n) is 2.65. The van der Waals surface area contributed by atoms with Crippen LogP contribution in [-0.4, -0.2) is 11.7 Å². The van der Waals surface area contributed by atoms with Gasteiger partial charge in [0, 0.05) is 24.3 Å². The number of anilines is 1. The largest absolute Gasteiger partial charge is 0.508 e. The Bertz CT molecular complexity index is 542. The van der Waals surface area contributed by atoms with Crippen molar-refractivity contribution in [2.45, 2.75) is 19.4 Å². The predicted molar refractivity (Wildman–Crippen MR) is 81.2 cm³/mol. The summed E-state index contributed by atoms with van der Waals surface area (Å²) in [4.78, 5) is 2.36. The fourth-order valence-corrected chi connectivity index (χ4v) is 2.65. The molecular weight excluding hydrogens is 258 g/mol. The third-order valence-electron chi connectivity index (χ3n) is 3.54. The first-order valence-corrected chi connectivity index (χ1v) is 6.44. The van der Waals surface area contributed by atoms with Crippen LogP contribution in [0.5, 0.6) is 5.75 Å². The van der Waals surface area contributed by atoms with Gasteiger partial charge in [0.2, 0.25) is 0 Å². The van der Waals surface area contributed by atoms with E-state index in [1.807, 2.05) is 12.1 Å². The van der Waals surface area contributed by atoms with E-state index in [9.17, 15) is 5.11 Å². The van der Waals surface area contributed by atoms with Crippen molar-refractivity contribution in [1.29, 1.82) is 0 Å². The minimum absolute atomic E-state index is 0. The first kappa shape index (κ1) is 13.8. The summed E-state index contributed by atoms with van der Waals surface area (Å²) in [5.74, 6) is 0.435. The van der Waals surface area contributed by atoms with Crippen LogP contribution in [-0.2, 0) is 13.0 Å². The smallest absolute Gasteiger partial charge is 0.120 e. The average Bonchev–Trinajstić information content (AvgIpc) is 2.41. The molecule has 2 aromatic carbocycles. The fraction of sp³-hybridized carbons (Fsp3) is 0.250. The summed E-state index contributed by atoms with van der Waals surface area (Å²) in [6.07, 6.45) is 2.09. The minimum Gasteiger partial charge on any atom is -0.508 e. The Morgan fingerprint density at radius 3 is 2.58 bits per heavy atom. The van der Waals surface area contributed by atoms with E-state index in [1.54, 1.807) is 6.07 Å². The van der Waals surface area contributed by atoms with Crippen molar-refractivity contribution in [3.8, 4) is 5.75 Å². The van der Waals surface area contributed by atoms with E-state index in [2.05, 4.69) is 35.2 Å². The van der Waals surface area contributed by atoms with Gasteiger partial charge >= 0.3 is 0 Å². The number of benzene rings is 2. The summed E-state index contributed by atoms with van der Waals surface area (Å²) in [6.45, 7) is 1.97. The summed E-state index contributed by atoms with van der Waals surface area (Å²) in [6, 6.07) is 16.3. The molecule has 3 heteroatoms. The third-order valence-corrected chi connectivity index (χ3v) is 3.54. The summed E-state index contributed by atoms with van der Waals surface area (Å²) >= 11 is 0. The van der Waals surface area contributed by atoms with Crippen molar-refractivity contribution in [2.24, 2.45) is 0 Å². The second-order valence-corrected chi connectivity index (χ2v) is 4.79. The summed E-state index contributed by atoms with van der Waals surface area (Å²) in [7, 11) is 0. The molecule has 2 nitrogen and oxygen atoms in total. The van der Waals surface area contributed by atoms with Gasteiger partial charge in [-0.15, -0.1) is 12.4 Å². The van der Waals surface area contributed by atoms with Gasteiger partial charge in [-0.1, -0.05) is 36.4 Å². The van der Waals surface area contributed by atoms with Crippen LogP contribution in [0.1, 0.15) is 17.5 Å². The molecule has 0 saturated heterocycles. The van der Waals surface area contributed by atoms with Crippen LogP contribution >= 0.6 is 12.4 Å². The van der Waals surface area contributed by atoms with Gasteiger partial charge in [-0.05, 0) is 30.5 Å². The van der Waals surface area contributed by atoms with E-state index < -0.39 is 0 Å². The average molecular weight is 276 g/mol. The number of hydrogen-bond donors (Lipinski definition) is 1. The third kappa shape index (κ3) is 2.85. The van der Waals surface area contributed by atoms with Crippen LogP contribution in [0.15, 0.2) is 48.5 Å². The van der Waals surface area contributed by atoms with Crippen LogP contribution in [0.2, 0.25) is 0 Å². The zero-order chi connectivity index (χ0) is 12.4. The second kappa shape index (κ2) is 5.98. The molecule has 0 amide bonds. The minimum atomic E-state index is 0. The van der Waals surface area contributed by atoms with Crippen LogP contribution in [0, 0.1) is 0 Å². The quantitative estimate of drug-likeness (QED) is 0.902. The van der Waals surface area contributed by atoms with Gasteiger partial charge in [0.05, 0.1) is 0 Å². The molecule has 0 bridgehead atoms. The zero-order valence-electron chi connectivity index (χ0n) is 10.7. The van der Waals surface area contributed by atoms with Crippen LogP contribution < -0.4 is 4.90 Å². The molecule has 0 aromatic heterocycles. The molecular formula is C16H18ClNO. The molecule has 100 valence electrons. The summed E-state index contributed by atoms with van der Waals surface area (Å²) in [5, 5.41) is 9.91. The highest BCUT2D eigenvalue weighted by Gasteiger charge is 2.19. The highest BCUT2D eigenvalue weighted by molar-refractivity contribution is 5.85. The molecule has 0 spiro atoms. The number of hydrogen-bond acceptors (Lipinski definition) is 2. The van der Waals surface area contributed by atoms with E-state index >= 15 is 0 Å². The topological polar surface area (TPSA) is 23.5 Å². The van der Waals surface area contributed by atoms with Crippen molar-refractivity contribution in [3.05, 3.63) is 59.7 Å². The van der Waals surface area contributed by atoms with E-state index in [0.29, 0.717) is 5.75 Å². The molecule has 3 rings (SSSR count). The summed E-state index contributed by atoms with van der Waals surface area (Å²) in [5.41, 5.74) is 3.60. The lowest BCUT2D eigenvalue weighted by atomic mass is 10.00. The Balaban J connectivity index is 0.00000133. The Hall–Kier alpha value is -1.67. The molecule has 19 heavy (non-hydrogen) atoms. The Morgan fingerprint density at radius 2 is 1.79 bits per heavy atom. The van der Waals surface area contributed by atoms with E-state index in [4.69, 9.17) is 0 Å². The lowest BCUT2D eigenvalue weighted by molar-refractivity contribution is 0.464. The Labute approximate surface area is 120 Å². The van der Waals surface area contributed by atoms with E-state index in [1.165, 1.54) is 11.3 Å². The first-order valence-electron chi connectivity index (χ1n) is 6.44. The van der Waals surface area contributed by atoms with Crippen molar-refractivity contribution in [2.75, 3.05) is 11.4 Å². The van der Waals surface area contributed by atoms with Crippen LogP contribution in [0.3, 0.4) is 0 Å². The predicted octanol–water partition coefficient (Wildman–Crippen LogP) is 3.77. The molecule has 0 unspecified atom stereocenters. The number of phenolic OH excluding ortho intramolecular Hbond substituents is 1. The standard InChI is InChI=1S/C16H17NO.ClH/c18-16-10-4-9-15-14(16)8-5-11-17(15)12-13-6-2-1-3-7-13;/h1-4,6-7,9-10,18H,5,8,11-12H2;1H. The molecule has 2 aromatic rings. The van der Waals surface area contributed by atoms with Gasteiger partial charge in [0.25, 0.3) is 0 Å². The SMILES string of the molecule is Cl.Oc1cccc2c1CCCN2Cc1ccccc1. The molecule has 1 aliphatic heterocycles. The Kier molecular flexibility index (Phi) is 4.33. The molecule has 0 saturated carbocycles. The number of aromatic hydroxyl groups is 1. The molecule has 1 aliphatic rings. The lowest BCUT2D eigenvalue weighted by Gasteiger charge is -2.31. The molecule has 0 fully saturated rings. The lowest BCUT2D eigenvalue weighted by Crippen LogP contribution is -2.28. The molecule has 1 N–H and O–H groups in total. The normalized spacial score (nSPS) is 13.6. The van der Waals surface area contributed by atoms with Crippen molar-refractivity contribution in [1.82, 2.24) is 0 Å². The van der Waals surface area contributed by atoms with Crippen LogP contribution in [0.25, 0.3) is 0 Å². The highest BCUT2D eigenvalue weighted by atomic mass is 35.5. The molecule has 0 radical (unpaired) electrons. The number of fused-ring (bicyclic) bond motifs is 1. The molecule has 1 heterocycles. The van der Waals surface area contributed by atoms with Gasteiger partial charge in [-0.3, -0.25) is 0 Å². The van der Waals surface area contributed by atoms with E-state index in [0.717, 1.165) is 31.5 Å². The first-order chi connectivity index (χ1) is 8.84. The monoisotopic (exact) mass is 275 g/mol. The zero-order valence-corrected chi connectivity index (χ0v) is 11.6. The van der Waals surface area contributed by atoms with Crippen molar-refractivity contribution < 1.29 is 5.11 Å². The van der Waals surface area contributed by atoms with Crippen molar-refractivity contribution >= 4 is 18.1 Å². The molecule has 0 aliphatic carbocycles. The Morgan fingerprint density at radius 1 is 1.00 bits per heavy atom. The maximum Gasteiger partial charge on any atom is 0.120 e.